The van der Waals surface area contributed by atoms with Crippen molar-refractivity contribution in [2.45, 2.75) is 25.8 Å². The number of halogens is 1. The van der Waals surface area contributed by atoms with Gasteiger partial charge in [0.2, 0.25) is 5.91 Å². The first kappa shape index (κ1) is 25.3. The van der Waals surface area contributed by atoms with Gasteiger partial charge in [-0.2, -0.15) is 8.42 Å². The topological polar surface area (TPSA) is 159 Å². The summed E-state index contributed by atoms with van der Waals surface area (Å²) in [6.07, 6.45) is 1.57. The molecule has 0 aromatic carbocycles. The molecule has 31 heavy (non-hydrogen) atoms. The number of aromatic nitrogens is 1. The van der Waals surface area contributed by atoms with Crippen molar-refractivity contribution in [1.29, 1.82) is 0 Å². The minimum Gasteiger partial charge on any atom is -0.398 e. The van der Waals surface area contributed by atoms with Gasteiger partial charge in [0.15, 0.2) is 10.8 Å². The lowest BCUT2D eigenvalue weighted by Gasteiger charge is -2.40. The molecule has 1 saturated heterocycles. The third kappa shape index (κ3) is 6.29. The predicted octanol–water partition coefficient (Wildman–Crippen LogP) is 0.961. The lowest BCUT2D eigenvalue weighted by Crippen LogP contribution is -2.65. The molecule has 0 saturated carbocycles. The van der Waals surface area contributed by atoms with Crippen molar-refractivity contribution < 1.29 is 32.2 Å². The van der Waals surface area contributed by atoms with E-state index in [2.05, 4.69) is 15.5 Å². The summed E-state index contributed by atoms with van der Waals surface area (Å²) >= 11 is 7.51. The van der Waals surface area contributed by atoms with Crippen LogP contribution in [0, 0.1) is 0 Å². The maximum absolute atomic E-state index is 13.2. The molecule has 0 spiro atoms. The van der Waals surface area contributed by atoms with Gasteiger partial charge in [-0.25, -0.2) is 9.29 Å². The van der Waals surface area contributed by atoms with Gasteiger partial charge in [0.1, 0.15) is 24.7 Å². The Hall–Kier alpha value is -1.94. The maximum atomic E-state index is 13.2. The highest BCUT2D eigenvalue weighted by Gasteiger charge is 2.49. The van der Waals surface area contributed by atoms with Gasteiger partial charge in [0.05, 0.1) is 6.54 Å². The monoisotopic (exact) mass is 513 g/mol. The van der Waals surface area contributed by atoms with Gasteiger partial charge in [-0.05, 0) is 18.4 Å². The van der Waals surface area contributed by atoms with Gasteiger partial charge in [0.25, 0.3) is 11.8 Å². The Morgan fingerprint density at radius 3 is 2.81 bits per heavy atom. The fourth-order valence-corrected chi connectivity index (χ4v) is 4.95. The summed E-state index contributed by atoms with van der Waals surface area (Å²) in [5, 5.41) is 7.80. The molecule has 0 bridgehead atoms. The molecule has 0 radical (unpaired) electrons. The van der Waals surface area contributed by atoms with E-state index in [1.54, 1.807) is 0 Å². The minimum atomic E-state index is -4.71. The molecular formula is C15H20ClN5O7S3. The quantitative estimate of drug-likeness (QED) is 0.0835. The summed E-state index contributed by atoms with van der Waals surface area (Å²) in [6.45, 7) is 1.56. The van der Waals surface area contributed by atoms with Gasteiger partial charge < -0.3 is 10.2 Å². The summed E-state index contributed by atoms with van der Waals surface area (Å²) in [7, 11) is -3.48. The Morgan fingerprint density at radius 1 is 1.55 bits per heavy atom. The number of unbranched alkanes of at least 4 members (excludes halogenated alkanes) is 1. The van der Waals surface area contributed by atoms with Gasteiger partial charge in [-0.1, -0.05) is 18.5 Å². The third-order valence-corrected chi connectivity index (χ3v) is 6.92. The van der Waals surface area contributed by atoms with Crippen LogP contribution in [0.3, 0.4) is 0 Å². The number of nitrogens with one attached hydrogen (secondary N) is 1. The zero-order valence-corrected chi connectivity index (χ0v) is 19.7. The Balaban J connectivity index is 2.29. The van der Waals surface area contributed by atoms with E-state index in [1.807, 2.05) is 6.92 Å². The van der Waals surface area contributed by atoms with Crippen molar-refractivity contribution in [3.05, 3.63) is 11.1 Å². The van der Waals surface area contributed by atoms with Gasteiger partial charge in [0, 0.05) is 11.1 Å². The standard InChI is InChI=1S/C15H20ClN5O7S3/c1-3-4-5-30-21(10-7-20(13(10)23)31(25,26)27)14(24)12(19-28-2)9-8-29-15(17-9)18-11(22)6-16/h8,10H,3-7H2,1-2H3,(H,17,18,22)(H,25,26,27)/t10-/m1/s1. The largest absolute Gasteiger partial charge is 0.398 e. The van der Waals surface area contributed by atoms with Crippen molar-refractivity contribution in [3.63, 3.8) is 0 Å². The minimum absolute atomic E-state index is 0.0845. The van der Waals surface area contributed by atoms with Crippen molar-refractivity contribution in [2.24, 2.45) is 5.16 Å². The van der Waals surface area contributed by atoms with E-state index in [0.29, 0.717) is 5.75 Å². The fraction of sp³-hybridized carbons (Fsp3) is 0.533. The lowest BCUT2D eigenvalue weighted by atomic mass is 10.1. The van der Waals surface area contributed by atoms with E-state index in [0.717, 1.165) is 40.4 Å². The highest BCUT2D eigenvalue weighted by atomic mass is 35.5. The lowest BCUT2D eigenvalue weighted by molar-refractivity contribution is -0.143. The van der Waals surface area contributed by atoms with Crippen LogP contribution >= 0.6 is 34.9 Å². The molecule has 1 atom stereocenters. The molecule has 12 nitrogen and oxygen atoms in total. The molecule has 1 aromatic heterocycles. The molecule has 2 rings (SSSR count). The smallest absolute Gasteiger partial charge is 0.362 e. The van der Waals surface area contributed by atoms with E-state index >= 15 is 0 Å². The Labute approximate surface area is 192 Å². The molecule has 172 valence electrons. The first-order chi connectivity index (χ1) is 14.6. The number of anilines is 1. The summed E-state index contributed by atoms with van der Waals surface area (Å²) in [5.41, 5.74) is -0.159. The first-order valence-electron chi connectivity index (χ1n) is 8.82. The normalized spacial score (nSPS) is 16.6. The molecular weight excluding hydrogens is 494 g/mol. The fourth-order valence-electron chi connectivity index (χ4n) is 2.34. The highest BCUT2D eigenvalue weighted by molar-refractivity contribution is 7.97. The van der Waals surface area contributed by atoms with Crippen molar-refractivity contribution in [1.82, 2.24) is 13.6 Å². The van der Waals surface area contributed by atoms with Gasteiger partial charge in [-0.15, -0.1) is 22.9 Å². The number of oxime groups is 1. The molecule has 2 N–H and O–H groups in total. The Bertz CT molecular complexity index is 968. The van der Waals surface area contributed by atoms with E-state index in [-0.39, 0.29) is 26.7 Å². The summed E-state index contributed by atoms with van der Waals surface area (Å²) in [4.78, 5) is 45.8. The van der Waals surface area contributed by atoms with Crippen LogP contribution < -0.4 is 5.32 Å². The molecule has 16 heteroatoms. The van der Waals surface area contributed by atoms with Crippen LogP contribution in [0.15, 0.2) is 10.5 Å². The second-order valence-corrected chi connectivity index (χ2v) is 9.54. The number of alkyl halides is 1. The van der Waals surface area contributed by atoms with E-state index in [9.17, 15) is 22.8 Å². The molecule has 1 aliphatic rings. The van der Waals surface area contributed by atoms with Gasteiger partial charge in [-0.3, -0.25) is 23.2 Å². The molecule has 1 aromatic rings. The van der Waals surface area contributed by atoms with Crippen LogP contribution in [-0.4, -0.2) is 81.3 Å². The maximum Gasteiger partial charge on any atom is 0.362 e. The predicted molar refractivity (Wildman–Crippen MR) is 116 cm³/mol. The highest BCUT2D eigenvalue weighted by Crippen LogP contribution is 2.28. The third-order valence-electron chi connectivity index (χ3n) is 3.86. The molecule has 1 aliphatic heterocycles. The zero-order valence-electron chi connectivity index (χ0n) is 16.5. The molecule has 3 amide bonds. The van der Waals surface area contributed by atoms with Crippen LogP contribution in [0.1, 0.15) is 25.5 Å². The number of nitrogens with zero attached hydrogens (tertiary/aromatic N) is 4. The molecule has 0 unspecified atom stereocenters. The average molecular weight is 514 g/mol. The Kier molecular flexibility index (Phi) is 9.05. The van der Waals surface area contributed by atoms with Crippen molar-refractivity contribution in [3.8, 4) is 0 Å². The van der Waals surface area contributed by atoms with Crippen molar-refractivity contribution >= 4 is 73.8 Å². The Morgan fingerprint density at radius 2 is 2.26 bits per heavy atom. The van der Waals surface area contributed by atoms with E-state index in [1.165, 1.54) is 12.5 Å². The van der Waals surface area contributed by atoms with Crippen LogP contribution in [0.5, 0.6) is 0 Å². The number of hydrogen-bond acceptors (Lipinski definition) is 10. The van der Waals surface area contributed by atoms with Crippen LogP contribution in [0.25, 0.3) is 0 Å². The first-order valence-corrected chi connectivity index (χ1v) is 12.6. The average Bonchev–Trinajstić information content (AvgIpc) is 3.16. The van der Waals surface area contributed by atoms with E-state index in [4.69, 9.17) is 21.0 Å². The second kappa shape index (κ2) is 11.1. The summed E-state index contributed by atoms with van der Waals surface area (Å²) in [5.74, 6) is -1.96. The van der Waals surface area contributed by atoms with E-state index < -0.39 is 40.6 Å². The number of hydrogen-bond donors (Lipinski definition) is 2. The number of rotatable bonds is 11. The number of thiazole rings is 1. The molecule has 2 heterocycles. The summed E-state index contributed by atoms with van der Waals surface area (Å²) < 4.78 is 33.0. The van der Waals surface area contributed by atoms with Crippen LogP contribution in [-0.2, 0) is 29.5 Å². The number of amides is 3. The number of β-lactam (4-membered cyclic amide) rings is 1. The summed E-state index contributed by atoms with van der Waals surface area (Å²) in [6, 6.07) is -1.12. The number of carbonyl (C=O) groups is 3. The SMILES string of the molecule is CCCCSN(C(=O)C(=NOC)c1csc(NC(=O)CCl)n1)[C@@H]1CN(S(=O)(=O)O)C1=O. The van der Waals surface area contributed by atoms with Crippen LogP contribution in [0.2, 0.25) is 0 Å². The van der Waals surface area contributed by atoms with Crippen LogP contribution in [0.4, 0.5) is 5.13 Å². The second-order valence-electron chi connectivity index (χ2n) is 6.02. The van der Waals surface area contributed by atoms with Crippen molar-refractivity contribution in [2.75, 3.05) is 30.6 Å². The number of carbonyl (C=O) groups excluding carboxylic acids is 3. The molecule has 0 aliphatic carbocycles. The zero-order chi connectivity index (χ0) is 23.2. The molecule has 1 fully saturated rings. The van der Waals surface area contributed by atoms with Gasteiger partial charge >= 0.3 is 10.3 Å².